The molecule has 0 aliphatic carbocycles. The van der Waals surface area contributed by atoms with E-state index in [0.29, 0.717) is 49.1 Å². The van der Waals surface area contributed by atoms with E-state index in [1.165, 1.54) is 14.2 Å². The number of carbonyl (C=O) groups is 2. The lowest BCUT2D eigenvalue weighted by molar-refractivity contribution is 0.0000620. The van der Waals surface area contributed by atoms with Crippen molar-refractivity contribution in [1.29, 1.82) is 0 Å². The normalized spacial score (nSPS) is 10.9. The van der Waals surface area contributed by atoms with Gasteiger partial charge < -0.3 is 57.2 Å². The van der Waals surface area contributed by atoms with Gasteiger partial charge in [0.05, 0.1) is 71.5 Å². The summed E-state index contributed by atoms with van der Waals surface area (Å²) >= 11 is 10.5. The largest absolute Gasteiger partial charge is 0.508 e. The van der Waals surface area contributed by atoms with Gasteiger partial charge in [0.25, 0.3) is 0 Å². The molecule has 0 saturated heterocycles. The van der Waals surface area contributed by atoms with Crippen LogP contribution in [0.15, 0.2) is 300 Å². The van der Waals surface area contributed by atoms with Crippen molar-refractivity contribution < 1.29 is 66.8 Å². The molecule has 17 heteroatoms. The van der Waals surface area contributed by atoms with Gasteiger partial charge in [-0.1, -0.05) is 202 Å². The van der Waals surface area contributed by atoms with Crippen molar-refractivity contribution in [1.82, 2.24) is 0 Å². The lowest BCUT2D eigenvalue weighted by atomic mass is 9.80. The average molecular weight is 1600 g/mol. The lowest BCUT2D eigenvalue weighted by Crippen LogP contribution is -2.32. The summed E-state index contributed by atoms with van der Waals surface area (Å²) in [7, 11) is 9.37. The standard InChI is InChI=1S/C44H39BrO7.C28H26O4.C16H14Br2O3/c1-47-38-19-15-36(16-20-38)44(35-13-5-4-6-14-35,37-17-21-39(48-2)22-18-37)52-30-32-10-7-9-31(25-32)29-51-42-27-40(23-24-41(42)45)50-28-33-11-8-12-34(26-33)43(46)49-3;1-30-26-15-11-23(12-16-26)28(22-8-4-3-5-9-22,24-13-17-27(31-2)18-14-24)32-20-21-7-6-10-25(29)19-21;1-20-16(19)12-4-2-3-11(7-12)10-21-14-5-6-15(18)13(8-14)9-17/h4-27H,28-30H2,1-3H3;3-19,29H,20H2,1-2H3;2-8H,9-10H2,1H3. The fourth-order valence-electron chi connectivity index (χ4n) is 11.7. The number of hydrogen-bond acceptors (Lipinski definition) is 14. The maximum atomic E-state index is 11.9. The zero-order chi connectivity index (χ0) is 74.0. The number of aromatic hydroxyl groups is 1. The molecule has 0 aliphatic rings. The van der Waals surface area contributed by atoms with Crippen molar-refractivity contribution in [2.45, 2.75) is 49.6 Å². The molecule has 0 aliphatic heterocycles. The summed E-state index contributed by atoms with van der Waals surface area (Å²) < 4.78 is 65.1. The molecule has 0 unspecified atom stereocenters. The van der Waals surface area contributed by atoms with Gasteiger partial charge in [0.15, 0.2) is 0 Å². The van der Waals surface area contributed by atoms with E-state index in [1.54, 1.807) is 70.9 Å². The number of phenols is 1. The number of phenolic OH excluding ortho intramolecular Hbond substituents is 1. The second-order valence-corrected chi connectivity index (χ2v) is 26.1. The minimum absolute atomic E-state index is 0.213. The minimum Gasteiger partial charge on any atom is -0.508 e. The van der Waals surface area contributed by atoms with E-state index in [0.717, 1.165) is 110 Å². The van der Waals surface area contributed by atoms with Crippen LogP contribution in [0.5, 0.6) is 46.0 Å². The molecular formula is C88H79Br3O14. The van der Waals surface area contributed by atoms with Crippen molar-refractivity contribution in [2.24, 2.45) is 0 Å². The molecule has 14 nitrogen and oxygen atoms in total. The summed E-state index contributed by atoms with van der Waals surface area (Å²) in [5.41, 5.74) is 10.8. The third kappa shape index (κ3) is 20.2. The summed E-state index contributed by atoms with van der Waals surface area (Å²) in [6.45, 7) is 1.64. The number of methoxy groups -OCH3 is 6. The molecule has 12 aromatic rings. The molecule has 0 spiro atoms. The van der Waals surface area contributed by atoms with Crippen molar-refractivity contribution in [3.05, 3.63) is 378 Å². The van der Waals surface area contributed by atoms with Crippen LogP contribution in [0.2, 0.25) is 0 Å². The van der Waals surface area contributed by atoms with Gasteiger partial charge in [-0.3, -0.25) is 0 Å². The highest BCUT2D eigenvalue weighted by Gasteiger charge is 2.39. The monoisotopic (exact) mass is 1600 g/mol. The number of halogens is 3. The Hall–Kier alpha value is -10.7. The van der Waals surface area contributed by atoms with E-state index in [4.69, 9.17) is 52.1 Å². The SMILES string of the molecule is COC(=O)c1cccc(COc2ccc(Br)c(CBr)c2)c1.COC(=O)c1cccc(COc2ccc(Br)c(OCc3cccc(COC(c4ccccc4)(c4ccc(OC)cc4)c4ccc(OC)cc4)c3)c2)c1.COc1ccc(C(OCc2cccc(O)c2)(c2ccccc2)c2ccc(OC)cc2)cc1. The summed E-state index contributed by atoms with van der Waals surface area (Å²) in [5.74, 6) is 4.63. The van der Waals surface area contributed by atoms with Crippen molar-refractivity contribution in [2.75, 3.05) is 42.7 Å². The third-order valence-electron chi connectivity index (χ3n) is 17.1. The predicted molar refractivity (Wildman–Crippen MR) is 418 cm³/mol. The first-order valence-corrected chi connectivity index (χ1v) is 36.1. The van der Waals surface area contributed by atoms with Crippen LogP contribution in [0.25, 0.3) is 0 Å². The van der Waals surface area contributed by atoms with E-state index >= 15 is 0 Å². The molecule has 536 valence electrons. The molecule has 0 bridgehead atoms. The van der Waals surface area contributed by atoms with Gasteiger partial charge >= 0.3 is 11.9 Å². The number of rotatable bonds is 28. The lowest BCUT2D eigenvalue weighted by Gasteiger charge is -2.36. The maximum absolute atomic E-state index is 11.9. The zero-order valence-corrected chi connectivity index (χ0v) is 63.6. The van der Waals surface area contributed by atoms with Gasteiger partial charge in [-0.15, -0.1) is 0 Å². The van der Waals surface area contributed by atoms with Crippen LogP contribution >= 0.6 is 47.8 Å². The van der Waals surface area contributed by atoms with E-state index in [-0.39, 0.29) is 24.3 Å². The van der Waals surface area contributed by atoms with Gasteiger partial charge in [0.2, 0.25) is 0 Å². The highest BCUT2D eigenvalue weighted by molar-refractivity contribution is 9.11. The highest BCUT2D eigenvalue weighted by atomic mass is 79.9. The molecule has 0 heterocycles. The van der Waals surface area contributed by atoms with Gasteiger partial charge in [-0.2, -0.15) is 0 Å². The first-order valence-electron chi connectivity index (χ1n) is 33.4. The zero-order valence-electron chi connectivity index (χ0n) is 58.8. The Bertz CT molecular complexity index is 4660. The van der Waals surface area contributed by atoms with Crippen LogP contribution < -0.4 is 33.2 Å². The number of benzene rings is 12. The van der Waals surface area contributed by atoms with E-state index in [2.05, 4.69) is 108 Å². The molecule has 0 aromatic heterocycles. The summed E-state index contributed by atoms with van der Waals surface area (Å²) in [5, 5.41) is 10.7. The number of hydrogen-bond donors (Lipinski definition) is 1. The van der Waals surface area contributed by atoms with E-state index in [1.807, 2.05) is 188 Å². The number of ether oxygens (including phenoxy) is 11. The quantitative estimate of drug-likeness (QED) is 0.0281. The van der Waals surface area contributed by atoms with Crippen LogP contribution in [-0.4, -0.2) is 59.7 Å². The Morgan fingerprint density at radius 2 is 0.657 bits per heavy atom. The molecule has 105 heavy (non-hydrogen) atoms. The average Bonchev–Trinajstić information content (AvgIpc) is 0.759. The molecule has 0 saturated carbocycles. The summed E-state index contributed by atoms with van der Waals surface area (Å²) in [4.78, 5) is 23.4. The molecule has 1 N–H and O–H groups in total. The van der Waals surface area contributed by atoms with Crippen LogP contribution in [0.1, 0.15) is 87.5 Å². The van der Waals surface area contributed by atoms with Crippen LogP contribution in [0.4, 0.5) is 0 Å². The van der Waals surface area contributed by atoms with Crippen LogP contribution in [0, 0.1) is 0 Å². The first kappa shape index (κ1) is 77.0. The molecule has 0 fully saturated rings. The number of alkyl halides is 1. The van der Waals surface area contributed by atoms with Crippen molar-refractivity contribution in [3.8, 4) is 46.0 Å². The van der Waals surface area contributed by atoms with Gasteiger partial charge in [0, 0.05) is 15.9 Å². The highest BCUT2D eigenvalue weighted by Crippen LogP contribution is 2.45. The van der Waals surface area contributed by atoms with Crippen LogP contribution in [-0.2, 0) is 68.5 Å². The maximum Gasteiger partial charge on any atom is 0.337 e. The van der Waals surface area contributed by atoms with E-state index < -0.39 is 11.2 Å². The smallest absolute Gasteiger partial charge is 0.337 e. The van der Waals surface area contributed by atoms with Crippen LogP contribution in [0.3, 0.4) is 0 Å². The Morgan fingerprint density at radius 1 is 0.324 bits per heavy atom. The van der Waals surface area contributed by atoms with Gasteiger partial charge in [-0.25, -0.2) is 9.59 Å². The molecule has 0 amide bonds. The molecule has 0 atom stereocenters. The molecule has 0 radical (unpaired) electrons. The molecular weight excluding hydrogens is 1520 g/mol. The fraction of sp³-hybridized carbons (Fsp3) is 0.159. The first-order chi connectivity index (χ1) is 51.2. The molecule has 12 aromatic carbocycles. The second-order valence-electron chi connectivity index (χ2n) is 23.8. The third-order valence-corrected chi connectivity index (χ3v) is 19.2. The fourth-order valence-corrected chi connectivity index (χ4v) is 13.3. The van der Waals surface area contributed by atoms with Gasteiger partial charge in [0.1, 0.15) is 77.0 Å². The minimum atomic E-state index is -0.932. The summed E-state index contributed by atoms with van der Waals surface area (Å²) in [6.07, 6.45) is 0. The Balaban J connectivity index is 0.000000188. The number of carbonyl (C=O) groups excluding carboxylic acids is 2. The Labute approximate surface area is 638 Å². The topological polar surface area (TPSA) is 156 Å². The summed E-state index contributed by atoms with van der Waals surface area (Å²) in [6, 6.07) is 93.4. The van der Waals surface area contributed by atoms with Gasteiger partial charge in [-0.05, 0) is 198 Å². The number of esters is 2. The van der Waals surface area contributed by atoms with Crippen molar-refractivity contribution in [3.63, 3.8) is 0 Å². The second kappa shape index (κ2) is 38.2. The Morgan fingerprint density at radius 3 is 1.05 bits per heavy atom. The Kier molecular flexibility index (Phi) is 28.0. The predicted octanol–water partition coefficient (Wildman–Crippen LogP) is 20.5. The van der Waals surface area contributed by atoms with E-state index in [9.17, 15) is 14.7 Å². The molecule has 12 rings (SSSR count). The van der Waals surface area contributed by atoms with Crippen molar-refractivity contribution >= 4 is 59.7 Å².